The Hall–Kier alpha value is -1.99. The Balaban J connectivity index is 0.00000124. The summed E-state index contributed by atoms with van der Waals surface area (Å²) in [5.41, 5.74) is 5.04. The molecule has 2 heterocycles. The molecule has 0 aromatic heterocycles. The minimum Gasteiger partial charge on any atom is -0.493 e. The van der Waals surface area contributed by atoms with Crippen molar-refractivity contribution in [3.63, 3.8) is 0 Å². The van der Waals surface area contributed by atoms with Gasteiger partial charge in [-0.05, 0) is 51.4 Å². The molecule has 3 aliphatic rings. The Labute approximate surface area is 208 Å². The van der Waals surface area contributed by atoms with Gasteiger partial charge in [0.15, 0.2) is 11.5 Å². The van der Waals surface area contributed by atoms with Crippen LogP contribution in [0.3, 0.4) is 0 Å². The molecule has 198 valence electrons. The van der Waals surface area contributed by atoms with Gasteiger partial charge in [0.25, 0.3) is 5.91 Å². The summed E-state index contributed by atoms with van der Waals surface area (Å²) < 4.78 is 16.9. The molecule has 1 atom stereocenters. The van der Waals surface area contributed by atoms with Crippen molar-refractivity contribution in [1.82, 2.24) is 10.2 Å². The van der Waals surface area contributed by atoms with Crippen LogP contribution < -0.4 is 25.3 Å². The smallest absolute Gasteiger partial charge is 0.251 e. The van der Waals surface area contributed by atoms with Crippen LogP contribution in [0.25, 0.3) is 0 Å². The van der Waals surface area contributed by atoms with Crippen LogP contribution in [0.5, 0.6) is 17.2 Å². The van der Waals surface area contributed by atoms with Crippen LogP contribution in [0.4, 0.5) is 0 Å². The molecule has 2 aliphatic heterocycles. The van der Waals surface area contributed by atoms with Crippen molar-refractivity contribution in [3.8, 4) is 17.2 Å². The van der Waals surface area contributed by atoms with Crippen LogP contribution in [0.15, 0.2) is 12.1 Å². The predicted octanol–water partition coefficient (Wildman–Crippen LogP) is 5.60. The number of nitrogens with one attached hydrogen (secondary N) is 1. The topological polar surface area (TPSA) is 86.0 Å². The average Bonchev–Trinajstić information content (AvgIpc) is 3.43. The number of carbonyl (C=O) groups excluding carboxylic acids is 1. The number of carbonyl (C=O) groups is 1. The molecule has 3 N–H and O–H groups in total. The second-order valence-electron chi connectivity index (χ2n) is 7.94. The summed E-state index contributed by atoms with van der Waals surface area (Å²) in [7, 11) is 3.07. The highest BCUT2D eigenvalue weighted by atomic mass is 16.7. The van der Waals surface area contributed by atoms with Gasteiger partial charge >= 0.3 is 0 Å². The summed E-state index contributed by atoms with van der Waals surface area (Å²) in [5.74, 6) is 0.783. The molecule has 1 saturated carbocycles. The summed E-state index contributed by atoms with van der Waals surface area (Å²) in [6.07, 6.45) is 6.34. The van der Waals surface area contributed by atoms with Gasteiger partial charge in [-0.3, -0.25) is 9.69 Å². The highest BCUT2D eigenvalue weighted by molar-refractivity contribution is 5.95. The molecular weight excluding hydrogens is 430 g/mol. The van der Waals surface area contributed by atoms with Crippen molar-refractivity contribution in [1.29, 1.82) is 0 Å². The largest absolute Gasteiger partial charge is 0.493 e. The van der Waals surface area contributed by atoms with Gasteiger partial charge in [-0.25, -0.2) is 0 Å². The molecule has 7 nitrogen and oxygen atoms in total. The Morgan fingerprint density at radius 2 is 1.68 bits per heavy atom. The molecule has 1 aromatic rings. The molecule has 1 aromatic carbocycles. The van der Waals surface area contributed by atoms with Gasteiger partial charge in [-0.2, -0.15) is 0 Å². The zero-order valence-corrected chi connectivity index (χ0v) is 23.4. The number of methoxy groups -OCH3 is 1. The van der Waals surface area contributed by atoms with Gasteiger partial charge in [0.2, 0.25) is 11.5 Å². The number of fused-ring (bicyclic) bond motifs is 1. The third-order valence-corrected chi connectivity index (χ3v) is 5.67. The SMILES string of the molecule is CC.CC.CC.CN.COc1cc(C(=O)NC[C@@H]2CCCN2C2CCC2)cc2c1OC(C)(C)O2. The van der Waals surface area contributed by atoms with E-state index in [2.05, 4.69) is 16.0 Å². The van der Waals surface area contributed by atoms with E-state index in [1.165, 1.54) is 32.7 Å². The maximum Gasteiger partial charge on any atom is 0.251 e. The molecule has 0 spiro atoms. The number of amides is 1. The third kappa shape index (κ3) is 8.35. The van der Waals surface area contributed by atoms with Gasteiger partial charge in [0.05, 0.1) is 7.11 Å². The normalized spacial score (nSPS) is 19.3. The molecule has 1 amide bonds. The van der Waals surface area contributed by atoms with Gasteiger partial charge < -0.3 is 25.3 Å². The Morgan fingerprint density at radius 3 is 2.21 bits per heavy atom. The molecule has 34 heavy (non-hydrogen) atoms. The van der Waals surface area contributed by atoms with E-state index >= 15 is 0 Å². The van der Waals surface area contributed by atoms with E-state index in [9.17, 15) is 4.79 Å². The van der Waals surface area contributed by atoms with Crippen LogP contribution in [-0.2, 0) is 0 Å². The minimum atomic E-state index is -0.752. The lowest BCUT2D eigenvalue weighted by atomic mass is 9.91. The molecular formula is C27H51N3O4. The highest BCUT2D eigenvalue weighted by Gasteiger charge is 2.36. The maximum atomic E-state index is 12.7. The zero-order chi connectivity index (χ0) is 26.3. The summed E-state index contributed by atoms with van der Waals surface area (Å²) >= 11 is 0. The predicted molar refractivity (Wildman–Crippen MR) is 142 cm³/mol. The molecule has 1 aliphatic carbocycles. The summed E-state index contributed by atoms with van der Waals surface area (Å²) in [4.78, 5) is 15.3. The number of rotatable bonds is 5. The van der Waals surface area contributed by atoms with E-state index in [1.54, 1.807) is 19.2 Å². The van der Waals surface area contributed by atoms with E-state index in [0.29, 0.717) is 35.4 Å². The quantitative estimate of drug-likeness (QED) is 0.569. The zero-order valence-electron chi connectivity index (χ0n) is 23.4. The number of hydrogen-bond donors (Lipinski definition) is 2. The first-order valence-electron chi connectivity index (χ1n) is 13.2. The molecule has 2 fully saturated rings. The molecule has 0 unspecified atom stereocenters. The number of ether oxygens (including phenoxy) is 3. The first-order valence-corrected chi connectivity index (χ1v) is 13.2. The van der Waals surface area contributed by atoms with Crippen molar-refractivity contribution in [2.45, 2.75) is 105 Å². The highest BCUT2D eigenvalue weighted by Crippen LogP contribution is 2.46. The second-order valence-corrected chi connectivity index (χ2v) is 7.94. The fourth-order valence-electron chi connectivity index (χ4n) is 4.16. The Bertz CT molecular complexity index is 705. The van der Waals surface area contributed by atoms with Crippen molar-refractivity contribution in [2.24, 2.45) is 5.73 Å². The van der Waals surface area contributed by atoms with Crippen LogP contribution in [-0.4, -0.2) is 55.9 Å². The van der Waals surface area contributed by atoms with Crippen molar-refractivity contribution in [2.75, 3.05) is 27.2 Å². The number of nitrogens with zero attached hydrogens (tertiary/aromatic N) is 1. The number of benzene rings is 1. The van der Waals surface area contributed by atoms with E-state index in [4.69, 9.17) is 14.2 Å². The lowest BCUT2D eigenvalue weighted by Gasteiger charge is -2.38. The van der Waals surface area contributed by atoms with E-state index < -0.39 is 5.79 Å². The molecule has 7 heteroatoms. The fourth-order valence-corrected chi connectivity index (χ4v) is 4.16. The number of hydrogen-bond acceptors (Lipinski definition) is 6. The second kappa shape index (κ2) is 16.6. The van der Waals surface area contributed by atoms with E-state index in [1.807, 2.05) is 55.4 Å². The first kappa shape index (κ1) is 32.0. The van der Waals surface area contributed by atoms with Gasteiger partial charge in [0.1, 0.15) is 0 Å². The average molecular weight is 482 g/mol. The first-order chi connectivity index (χ1) is 16.5. The fraction of sp³-hybridized carbons (Fsp3) is 0.741. The monoisotopic (exact) mass is 481 g/mol. The maximum absolute atomic E-state index is 12.7. The molecule has 1 saturated heterocycles. The van der Waals surface area contributed by atoms with E-state index in [0.717, 1.165) is 19.0 Å². The van der Waals surface area contributed by atoms with Crippen LogP contribution >= 0.6 is 0 Å². The van der Waals surface area contributed by atoms with Gasteiger partial charge in [-0.15, -0.1) is 0 Å². The van der Waals surface area contributed by atoms with Gasteiger partial charge in [0, 0.05) is 38.0 Å². The molecule has 0 radical (unpaired) electrons. The summed E-state index contributed by atoms with van der Waals surface area (Å²) in [6.45, 7) is 17.5. The van der Waals surface area contributed by atoms with Crippen molar-refractivity contribution in [3.05, 3.63) is 17.7 Å². The molecule has 0 bridgehead atoms. The minimum absolute atomic E-state index is 0.0973. The van der Waals surface area contributed by atoms with Crippen molar-refractivity contribution < 1.29 is 19.0 Å². The molecule has 4 rings (SSSR count). The standard InChI is InChI=1S/C20H28N2O4.3C2H6.CH5N/c1-20(2)25-17-11-13(10-16(24-3)18(17)26-20)19(23)21-12-15-8-5-9-22(15)14-6-4-7-14;4*1-2/h10-11,14-15H,4-9,12H2,1-3H3,(H,21,23);3*1-2H3;2H2,1H3/t15-;;;;/m0..../s1. The Morgan fingerprint density at radius 1 is 1.06 bits per heavy atom. The Kier molecular flexibility index (Phi) is 15.6. The van der Waals surface area contributed by atoms with Crippen LogP contribution in [0, 0.1) is 0 Å². The summed E-state index contributed by atoms with van der Waals surface area (Å²) in [5, 5.41) is 3.10. The lowest BCUT2D eigenvalue weighted by Crippen LogP contribution is -2.47. The van der Waals surface area contributed by atoms with Crippen molar-refractivity contribution >= 4 is 5.91 Å². The number of nitrogens with two attached hydrogens (primary N) is 1. The lowest BCUT2D eigenvalue weighted by molar-refractivity contribution is -0.0439. The van der Waals surface area contributed by atoms with Gasteiger partial charge in [-0.1, -0.05) is 48.0 Å². The van der Waals surface area contributed by atoms with Crippen LogP contribution in [0.1, 0.15) is 97.9 Å². The third-order valence-electron chi connectivity index (χ3n) is 5.67. The summed E-state index contributed by atoms with van der Waals surface area (Å²) in [6, 6.07) is 4.64. The van der Waals surface area contributed by atoms with E-state index in [-0.39, 0.29) is 5.91 Å². The van der Waals surface area contributed by atoms with Crippen LogP contribution in [0.2, 0.25) is 0 Å². The number of likely N-dealkylation sites (tertiary alicyclic amines) is 1.